The largest absolute Gasteiger partial charge is 0.378 e. The van der Waals surface area contributed by atoms with Crippen molar-refractivity contribution in [3.8, 4) is 0 Å². The minimum Gasteiger partial charge on any atom is -0.378 e. The molecular formula is C26H24N4O4. The zero-order valence-corrected chi connectivity index (χ0v) is 19.1. The van der Waals surface area contributed by atoms with Gasteiger partial charge in [-0.15, -0.1) is 0 Å². The number of carbonyl (C=O) groups is 2. The fourth-order valence-corrected chi connectivity index (χ4v) is 3.72. The van der Waals surface area contributed by atoms with Crippen molar-refractivity contribution in [1.29, 1.82) is 0 Å². The highest BCUT2D eigenvalue weighted by Gasteiger charge is 2.39. The molecule has 4 rings (SSSR count). The first-order chi connectivity index (χ1) is 16.2. The molecule has 0 aromatic heterocycles. The van der Waals surface area contributed by atoms with Gasteiger partial charge in [0.05, 0.1) is 17.0 Å². The van der Waals surface area contributed by atoms with Crippen LogP contribution in [-0.4, -0.2) is 35.7 Å². The molecule has 0 bridgehead atoms. The summed E-state index contributed by atoms with van der Waals surface area (Å²) in [5.41, 5.74) is 4.22. The average molecular weight is 457 g/mol. The second-order valence-electron chi connectivity index (χ2n) is 8.30. The molecule has 3 aromatic rings. The minimum absolute atomic E-state index is 0.0913. The van der Waals surface area contributed by atoms with Crippen LogP contribution in [0.5, 0.6) is 0 Å². The molecule has 0 saturated heterocycles. The van der Waals surface area contributed by atoms with E-state index < -0.39 is 16.7 Å². The Morgan fingerprint density at radius 1 is 0.882 bits per heavy atom. The second kappa shape index (κ2) is 9.19. The van der Waals surface area contributed by atoms with Gasteiger partial charge in [0.1, 0.15) is 5.70 Å². The highest BCUT2D eigenvalue weighted by atomic mass is 16.6. The lowest BCUT2D eigenvalue weighted by atomic mass is 10.0. The van der Waals surface area contributed by atoms with E-state index in [9.17, 15) is 19.7 Å². The molecule has 0 aliphatic carbocycles. The number of rotatable bonds is 7. The van der Waals surface area contributed by atoms with Crippen molar-refractivity contribution in [1.82, 2.24) is 4.90 Å². The van der Waals surface area contributed by atoms with Crippen LogP contribution in [-0.2, 0) is 16.1 Å². The summed E-state index contributed by atoms with van der Waals surface area (Å²) >= 11 is 0. The molecule has 1 heterocycles. The lowest BCUT2D eigenvalue weighted by Crippen LogP contribution is -2.32. The van der Waals surface area contributed by atoms with E-state index in [1.165, 1.54) is 29.2 Å². The van der Waals surface area contributed by atoms with Gasteiger partial charge in [0, 0.05) is 37.6 Å². The third-order valence-corrected chi connectivity index (χ3v) is 5.65. The summed E-state index contributed by atoms with van der Waals surface area (Å²) in [7, 11) is 3.86. The van der Waals surface area contributed by atoms with Crippen molar-refractivity contribution in [2.75, 3.05) is 24.3 Å². The Morgan fingerprint density at radius 2 is 1.50 bits per heavy atom. The van der Waals surface area contributed by atoms with Crippen LogP contribution in [0.4, 0.5) is 17.1 Å². The summed E-state index contributed by atoms with van der Waals surface area (Å²) in [6, 6.07) is 20.7. The van der Waals surface area contributed by atoms with Crippen molar-refractivity contribution in [3.63, 3.8) is 0 Å². The number of imide groups is 1. The first-order valence-corrected chi connectivity index (χ1v) is 10.7. The van der Waals surface area contributed by atoms with Crippen molar-refractivity contribution in [2.45, 2.75) is 13.5 Å². The first kappa shape index (κ1) is 22.7. The average Bonchev–Trinajstić information content (AvgIpc) is 3.05. The predicted molar refractivity (Wildman–Crippen MR) is 131 cm³/mol. The topological polar surface area (TPSA) is 95.8 Å². The Balaban J connectivity index is 1.72. The van der Waals surface area contributed by atoms with Crippen LogP contribution in [0, 0.1) is 17.0 Å². The number of anilines is 2. The Hall–Kier alpha value is -4.46. The van der Waals surface area contributed by atoms with Crippen LogP contribution in [0.2, 0.25) is 0 Å². The van der Waals surface area contributed by atoms with Gasteiger partial charge >= 0.3 is 0 Å². The first-order valence-electron chi connectivity index (χ1n) is 10.7. The van der Waals surface area contributed by atoms with Gasteiger partial charge in [0.2, 0.25) is 0 Å². The summed E-state index contributed by atoms with van der Waals surface area (Å²) in [6.07, 6.45) is 0. The van der Waals surface area contributed by atoms with E-state index in [4.69, 9.17) is 0 Å². The Morgan fingerprint density at radius 3 is 2.06 bits per heavy atom. The maximum Gasteiger partial charge on any atom is 0.278 e. The van der Waals surface area contributed by atoms with Gasteiger partial charge in [-0.2, -0.15) is 0 Å². The lowest BCUT2D eigenvalue weighted by Gasteiger charge is -2.16. The molecule has 8 heteroatoms. The fourth-order valence-electron chi connectivity index (χ4n) is 3.72. The predicted octanol–water partition coefficient (Wildman–Crippen LogP) is 4.36. The van der Waals surface area contributed by atoms with Gasteiger partial charge in [-0.1, -0.05) is 29.8 Å². The zero-order valence-electron chi connectivity index (χ0n) is 19.1. The summed E-state index contributed by atoms with van der Waals surface area (Å²) in [4.78, 5) is 40.5. The normalized spacial score (nSPS) is 13.4. The van der Waals surface area contributed by atoms with Crippen LogP contribution in [0.1, 0.15) is 16.7 Å². The molecule has 0 fully saturated rings. The van der Waals surface area contributed by atoms with Crippen LogP contribution < -0.4 is 10.2 Å². The summed E-state index contributed by atoms with van der Waals surface area (Å²) in [5, 5.41) is 14.2. The number of benzene rings is 3. The van der Waals surface area contributed by atoms with Crippen molar-refractivity contribution in [2.24, 2.45) is 0 Å². The maximum atomic E-state index is 13.4. The Kier molecular flexibility index (Phi) is 6.14. The molecule has 0 atom stereocenters. The van der Waals surface area contributed by atoms with E-state index in [0.29, 0.717) is 11.3 Å². The molecule has 0 spiro atoms. The molecule has 0 radical (unpaired) electrons. The molecule has 1 aliphatic heterocycles. The number of nitro benzene ring substituents is 1. The van der Waals surface area contributed by atoms with Crippen LogP contribution in [0.25, 0.3) is 5.57 Å². The second-order valence-corrected chi connectivity index (χ2v) is 8.30. The minimum atomic E-state index is -0.505. The molecule has 1 N–H and O–H groups in total. The number of non-ortho nitro benzene ring substituents is 1. The van der Waals surface area contributed by atoms with E-state index in [2.05, 4.69) is 5.32 Å². The van der Waals surface area contributed by atoms with Crippen molar-refractivity contribution < 1.29 is 14.5 Å². The van der Waals surface area contributed by atoms with Gasteiger partial charge in [-0.3, -0.25) is 24.6 Å². The quantitative estimate of drug-likeness (QED) is 0.322. The van der Waals surface area contributed by atoms with Crippen molar-refractivity contribution in [3.05, 3.63) is 105 Å². The molecule has 0 saturated carbocycles. The highest BCUT2D eigenvalue weighted by Crippen LogP contribution is 2.32. The standard InChI is InChI=1S/C26H24N4O4/c1-17-4-6-18(7-5-17)16-29-25(31)23(19-8-12-22(13-9-19)30(33)34)24(26(29)32)27-20-10-14-21(15-11-20)28(2)3/h4-15,27H,16H2,1-3H3. The number of amides is 2. The highest BCUT2D eigenvalue weighted by molar-refractivity contribution is 6.36. The van der Waals surface area contributed by atoms with E-state index >= 15 is 0 Å². The molecule has 34 heavy (non-hydrogen) atoms. The lowest BCUT2D eigenvalue weighted by molar-refractivity contribution is -0.384. The summed E-state index contributed by atoms with van der Waals surface area (Å²) < 4.78 is 0. The molecular weight excluding hydrogens is 432 g/mol. The van der Waals surface area contributed by atoms with E-state index in [-0.39, 0.29) is 23.5 Å². The van der Waals surface area contributed by atoms with E-state index in [1.807, 2.05) is 74.4 Å². The van der Waals surface area contributed by atoms with Crippen LogP contribution in [0.3, 0.4) is 0 Å². The molecule has 1 aliphatic rings. The molecule has 3 aromatic carbocycles. The van der Waals surface area contributed by atoms with E-state index in [0.717, 1.165) is 16.8 Å². The summed E-state index contributed by atoms with van der Waals surface area (Å²) in [6.45, 7) is 2.09. The smallest absolute Gasteiger partial charge is 0.278 e. The SMILES string of the molecule is Cc1ccc(CN2C(=O)C(Nc3ccc(N(C)C)cc3)=C(c3ccc([N+](=O)[O-])cc3)C2=O)cc1. The van der Waals surface area contributed by atoms with Crippen LogP contribution >= 0.6 is 0 Å². The van der Waals surface area contributed by atoms with Gasteiger partial charge in [0.15, 0.2) is 0 Å². The molecule has 8 nitrogen and oxygen atoms in total. The fraction of sp³-hybridized carbons (Fsp3) is 0.154. The maximum absolute atomic E-state index is 13.4. The van der Waals surface area contributed by atoms with Gasteiger partial charge in [-0.25, -0.2) is 0 Å². The monoisotopic (exact) mass is 456 g/mol. The van der Waals surface area contributed by atoms with E-state index in [1.54, 1.807) is 0 Å². The summed E-state index contributed by atoms with van der Waals surface area (Å²) in [5.74, 6) is -0.901. The third-order valence-electron chi connectivity index (χ3n) is 5.65. The number of nitrogens with zero attached hydrogens (tertiary/aromatic N) is 3. The Bertz CT molecular complexity index is 1280. The van der Waals surface area contributed by atoms with Gasteiger partial charge in [0.25, 0.3) is 17.5 Å². The number of nitro groups is 1. The molecule has 0 unspecified atom stereocenters. The van der Waals surface area contributed by atoms with Gasteiger partial charge < -0.3 is 10.2 Å². The number of hydrogen-bond donors (Lipinski definition) is 1. The number of carbonyl (C=O) groups excluding carboxylic acids is 2. The zero-order chi connectivity index (χ0) is 24.4. The Labute approximate surface area is 197 Å². The van der Waals surface area contributed by atoms with Crippen molar-refractivity contribution >= 4 is 34.4 Å². The molecule has 2 amide bonds. The van der Waals surface area contributed by atoms with Gasteiger partial charge in [-0.05, 0) is 54.4 Å². The number of hydrogen-bond acceptors (Lipinski definition) is 6. The third kappa shape index (κ3) is 4.52. The number of aryl methyl sites for hydroxylation is 1. The molecule has 172 valence electrons. The van der Waals surface area contributed by atoms with Crippen LogP contribution in [0.15, 0.2) is 78.5 Å². The number of nitrogens with one attached hydrogen (secondary N) is 1.